The lowest BCUT2D eigenvalue weighted by molar-refractivity contribution is -0.134. The van der Waals surface area contributed by atoms with Gasteiger partial charge in [0.2, 0.25) is 5.91 Å². The summed E-state index contributed by atoms with van der Waals surface area (Å²) in [5.74, 6) is 0.246. The molecule has 1 aromatic carbocycles. The quantitative estimate of drug-likeness (QED) is 0.930. The van der Waals surface area contributed by atoms with E-state index in [0.29, 0.717) is 12.5 Å². The average Bonchev–Trinajstić information content (AvgIpc) is 2.41. The van der Waals surface area contributed by atoms with Crippen LogP contribution >= 0.6 is 24.0 Å². The first-order chi connectivity index (χ1) is 9.08. The van der Waals surface area contributed by atoms with Crippen molar-refractivity contribution in [2.24, 2.45) is 0 Å². The van der Waals surface area contributed by atoms with Crippen molar-refractivity contribution in [1.82, 2.24) is 10.2 Å². The number of benzene rings is 1. The zero-order valence-corrected chi connectivity index (χ0v) is 13.5. The third kappa shape index (κ3) is 4.37. The number of nitrogens with one attached hydrogen (secondary N) is 1. The van der Waals surface area contributed by atoms with Crippen LogP contribution in [-0.4, -0.2) is 36.0 Å². The summed E-state index contributed by atoms with van der Waals surface area (Å²) in [6.07, 6.45) is 1.35. The summed E-state index contributed by atoms with van der Waals surface area (Å²) in [6.45, 7) is 5.93. The Kier molecular flexibility index (Phi) is 6.80. The highest BCUT2D eigenvalue weighted by Gasteiger charge is 2.27. The molecule has 0 bridgehead atoms. The van der Waals surface area contributed by atoms with Gasteiger partial charge in [-0.15, -0.1) is 12.4 Å². The molecule has 0 spiro atoms. The first kappa shape index (κ1) is 17.3. The number of carbonyl (C=O) groups is 1. The normalized spacial score (nSPS) is 22.2. The molecule has 1 aromatic rings. The van der Waals surface area contributed by atoms with Crippen molar-refractivity contribution in [2.75, 3.05) is 13.1 Å². The second-order valence-corrected chi connectivity index (χ2v) is 5.63. The van der Waals surface area contributed by atoms with E-state index in [0.717, 1.165) is 30.1 Å². The Morgan fingerprint density at radius 2 is 2.00 bits per heavy atom. The van der Waals surface area contributed by atoms with E-state index in [1.165, 1.54) is 0 Å². The van der Waals surface area contributed by atoms with Crippen molar-refractivity contribution in [1.29, 1.82) is 0 Å². The molecule has 2 rings (SSSR count). The molecule has 2 unspecified atom stereocenters. The Bertz CT molecular complexity index is 436. The minimum atomic E-state index is 0. The number of halogens is 2. The summed E-state index contributed by atoms with van der Waals surface area (Å²) >= 11 is 5.85. The van der Waals surface area contributed by atoms with Gasteiger partial charge in [-0.05, 0) is 38.0 Å². The second kappa shape index (κ2) is 7.87. The highest BCUT2D eigenvalue weighted by Crippen LogP contribution is 2.14. The van der Waals surface area contributed by atoms with Crippen LogP contribution in [0.15, 0.2) is 24.3 Å². The summed E-state index contributed by atoms with van der Waals surface area (Å²) in [5, 5.41) is 4.12. The summed E-state index contributed by atoms with van der Waals surface area (Å²) in [4.78, 5) is 14.3. The SMILES string of the molecule is CC1NCCN(C(=O)CCc2ccc(Cl)cc2)C1C.Cl. The van der Waals surface area contributed by atoms with Gasteiger partial charge in [-0.1, -0.05) is 23.7 Å². The molecule has 0 saturated carbocycles. The van der Waals surface area contributed by atoms with E-state index in [1.54, 1.807) is 0 Å². The van der Waals surface area contributed by atoms with Crippen LogP contribution in [0.1, 0.15) is 25.8 Å². The molecule has 5 heteroatoms. The lowest BCUT2D eigenvalue weighted by Crippen LogP contribution is -2.57. The molecule has 0 radical (unpaired) electrons. The van der Waals surface area contributed by atoms with Gasteiger partial charge in [0.25, 0.3) is 0 Å². The molecule has 20 heavy (non-hydrogen) atoms. The highest BCUT2D eigenvalue weighted by atomic mass is 35.5. The van der Waals surface area contributed by atoms with Crippen molar-refractivity contribution in [3.63, 3.8) is 0 Å². The molecule has 1 heterocycles. The first-order valence-corrected chi connectivity index (χ1v) is 7.23. The maximum atomic E-state index is 12.3. The molecule has 2 atom stereocenters. The third-order valence-electron chi connectivity index (χ3n) is 3.90. The molecule has 1 amide bonds. The van der Waals surface area contributed by atoms with E-state index >= 15 is 0 Å². The monoisotopic (exact) mass is 316 g/mol. The molecule has 1 fully saturated rings. The minimum absolute atomic E-state index is 0. The zero-order chi connectivity index (χ0) is 13.8. The van der Waals surface area contributed by atoms with Crippen molar-refractivity contribution in [3.05, 3.63) is 34.9 Å². The highest BCUT2D eigenvalue weighted by molar-refractivity contribution is 6.30. The molecular weight excluding hydrogens is 295 g/mol. The summed E-state index contributed by atoms with van der Waals surface area (Å²) in [7, 11) is 0. The molecule has 3 nitrogen and oxygen atoms in total. The van der Waals surface area contributed by atoms with Gasteiger partial charge in [-0.3, -0.25) is 4.79 Å². The third-order valence-corrected chi connectivity index (χ3v) is 4.15. The van der Waals surface area contributed by atoms with Crippen LogP contribution in [0.5, 0.6) is 0 Å². The van der Waals surface area contributed by atoms with Crippen LogP contribution in [0, 0.1) is 0 Å². The topological polar surface area (TPSA) is 32.3 Å². The average molecular weight is 317 g/mol. The predicted molar refractivity (Wildman–Crippen MR) is 85.7 cm³/mol. The van der Waals surface area contributed by atoms with Crippen LogP contribution in [0.4, 0.5) is 0 Å². The summed E-state index contributed by atoms with van der Waals surface area (Å²) < 4.78 is 0. The van der Waals surface area contributed by atoms with Crippen LogP contribution in [0.2, 0.25) is 5.02 Å². The maximum Gasteiger partial charge on any atom is 0.223 e. The Morgan fingerprint density at radius 1 is 1.35 bits per heavy atom. The number of piperazine rings is 1. The molecule has 112 valence electrons. The number of rotatable bonds is 3. The lowest BCUT2D eigenvalue weighted by atomic mass is 10.0. The van der Waals surface area contributed by atoms with Gasteiger partial charge in [0, 0.05) is 36.6 Å². The Balaban J connectivity index is 0.00000200. The standard InChI is InChI=1S/C15H21ClN2O.ClH/c1-11-12(2)18(10-9-17-11)15(19)8-5-13-3-6-14(16)7-4-13;/h3-4,6-7,11-12,17H,5,8-10H2,1-2H3;1H. The van der Waals surface area contributed by atoms with Crippen molar-refractivity contribution in [2.45, 2.75) is 38.8 Å². The van der Waals surface area contributed by atoms with Gasteiger partial charge < -0.3 is 10.2 Å². The van der Waals surface area contributed by atoms with E-state index in [2.05, 4.69) is 19.2 Å². The minimum Gasteiger partial charge on any atom is -0.337 e. The van der Waals surface area contributed by atoms with Crippen LogP contribution < -0.4 is 5.32 Å². The number of hydrogen-bond acceptors (Lipinski definition) is 2. The largest absolute Gasteiger partial charge is 0.337 e. The van der Waals surface area contributed by atoms with Gasteiger partial charge in [0.15, 0.2) is 0 Å². The first-order valence-electron chi connectivity index (χ1n) is 6.85. The Hall–Kier alpha value is -0.770. The Labute approximate surface area is 132 Å². The van der Waals surface area contributed by atoms with Crippen LogP contribution in [0.25, 0.3) is 0 Å². The van der Waals surface area contributed by atoms with Crippen LogP contribution in [-0.2, 0) is 11.2 Å². The summed E-state index contributed by atoms with van der Waals surface area (Å²) in [5.41, 5.74) is 1.16. The molecular formula is C15H22Cl2N2O. The van der Waals surface area contributed by atoms with Gasteiger partial charge in [0.1, 0.15) is 0 Å². The van der Waals surface area contributed by atoms with Crippen molar-refractivity contribution < 1.29 is 4.79 Å². The van der Waals surface area contributed by atoms with Crippen molar-refractivity contribution in [3.8, 4) is 0 Å². The van der Waals surface area contributed by atoms with Gasteiger partial charge in [-0.2, -0.15) is 0 Å². The van der Waals surface area contributed by atoms with Gasteiger partial charge >= 0.3 is 0 Å². The fourth-order valence-corrected chi connectivity index (χ4v) is 2.58. The maximum absolute atomic E-state index is 12.3. The molecule has 1 aliphatic rings. The number of carbonyl (C=O) groups excluding carboxylic acids is 1. The molecule has 1 saturated heterocycles. The van der Waals surface area contributed by atoms with Gasteiger partial charge in [-0.25, -0.2) is 0 Å². The van der Waals surface area contributed by atoms with Crippen molar-refractivity contribution >= 4 is 29.9 Å². The summed E-state index contributed by atoms with van der Waals surface area (Å²) in [6, 6.07) is 8.35. The predicted octanol–water partition coefficient (Wildman–Crippen LogP) is 2.90. The second-order valence-electron chi connectivity index (χ2n) is 5.20. The zero-order valence-electron chi connectivity index (χ0n) is 11.9. The van der Waals surface area contributed by atoms with E-state index < -0.39 is 0 Å². The van der Waals surface area contributed by atoms with Gasteiger partial charge in [0.05, 0.1) is 0 Å². The number of aryl methyl sites for hydroxylation is 1. The van der Waals surface area contributed by atoms with E-state index in [-0.39, 0.29) is 24.4 Å². The fraction of sp³-hybridized carbons (Fsp3) is 0.533. The Morgan fingerprint density at radius 3 is 2.65 bits per heavy atom. The number of hydrogen-bond donors (Lipinski definition) is 1. The molecule has 1 aliphatic heterocycles. The lowest BCUT2D eigenvalue weighted by Gasteiger charge is -2.38. The smallest absolute Gasteiger partial charge is 0.223 e. The molecule has 1 N–H and O–H groups in total. The fourth-order valence-electron chi connectivity index (χ4n) is 2.45. The number of nitrogens with zero attached hydrogens (tertiary/aromatic N) is 1. The number of amides is 1. The van der Waals surface area contributed by atoms with Crippen LogP contribution in [0.3, 0.4) is 0 Å². The van der Waals surface area contributed by atoms with E-state index in [9.17, 15) is 4.79 Å². The molecule has 0 aliphatic carbocycles. The van der Waals surface area contributed by atoms with E-state index in [4.69, 9.17) is 11.6 Å². The van der Waals surface area contributed by atoms with E-state index in [1.807, 2.05) is 29.2 Å². The molecule has 0 aromatic heterocycles.